The van der Waals surface area contributed by atoms with Gasteiger partial charge in [0.2, 0.25) is 0 Å². The third kappa shape index (κ3) is 2.48. The zero-order valence-corrected chi connectivity index (χ0v) is 9.37. The van der Waals surface area contributed by atoms with Crippen molar-refractivity contribution in [3.63, 3.8) is 0 Å². The second-order valence-electron chi connectivity index (χ2n) is 4.11. The third-order valence-corrected chi connectivity index (χ3v) is 3.09. The molecule has 0 unspecified atom stereocenters. The van der Waals surface area contributed by atoms with Crippen molar-refractivity contribution in [1.29, 1.82) is 0 Å². The summed E-state index contributed by atoms with van der Waals surface area (Å²) in [4.78, 5) is 0. The highest BCUT2D eigenvalue weighted by atomic mass is 14.8. The lowest BCUT2D eigenvalue weighted by Crippen LogP contribution is -2.24. The molecule has 0 aromatic rings. The minimum absolute atomic E-state index is 0.606. The summed E-state index contributed by atoms with van der Waals surface area (Å²) in [6, 6.07) is 0. The Hall–Kier alpha value is -1.08. The van der Waals surface area contributed by atoms with Gasteiger partial charge in [-0.25, -0.2) is 0 Å². The third-order valence-electron chi connectivity index (χ3n) is 3.09. The van der Waals surface area contributed by atoms with Crippen LogP contribution < -0.4 is 5.32 Å². The van der Waals surface area contributed by atoms with E-state index in [1.165, 1.54) is 0 Å². The first-order valence-corrected chi connectivity index (χ1v) is 5.83. The summed E-state index contributed by atoms with van der Waals surface area (Å²) >= 11 is 0. The molecule has 0 atom stereocenters. The van der Waals surface area contributed by atoms with Crippen molar-refractivity contribution < 1.29 is 0 Å². The van der Waals surface area contributed by atoms with E-state index in [1.54, 1.807) is 11.1 Å². The zero-order chi connectivity index (χ0) is 10.5. The summed E-state index contributed by atoms with van der Waals surface area (Å²) < 4.78 is 0. The summed E-state index contributed by atoms with van der Waals surface area (Å²) in [5, 5.41) is 3.46. The summed E-state index contributed by atoms with van der Waals surface area (Å²) in [7, 11) is 0. The van der Waals surface area contributed by atoms with Gasteiger partial charge in [-0.1, -0.05) is 54.5 Å². The van der Waals surface area contributed by atoms with Gasteiger partial charge in [0.15, 0.2) is 0 Å². The van der Waals surface area contributed by atoms with E-state index < -0.39 is 0 Å². The number of hydrogen-bond acceptors (Lipinski definition) is 1. The van der Waals surface area contributed by atoms with Gasteiger partial charge in [0, 0.05) is 12.5 Å². The first-order chi connectivity index (χ1) is 7.42. The summed E-state index contributed by atoms with van der Waals surface area (Å²) in [5.74, 6) is 0.606. The zero-order valence-electron chi connectivity index (χ0n) is 9.37. The van der Waals surface area contributed by atoms with Gasteiger partial charge >= 0.3 is 0 Å². The van der Waals surface area contributed by atoms with Crippen LogP contribution in [0, 0.1) is 5.92 Å². The second-order valence-corrected chi connectivity index (χ2v) is 4.11. The molecule has 0 aromatic carbocycles. The molecule has 1 heteroatoms. The molecule has 2 aliphatic rings. The van der Waals surface area contributed by atoms with Gasteiger partial charge in [0.25, 0.3) is 0 Å². The fraction of sp³-hybridized carbons (Fsp3) is 0.429. The lowest BCUT2D eigenvalue weighted by Gasteiger charge is -2.20. The molecular formula is C14H19N. The first kappa shape index (κ1) is 10.4. The van der Waals surface area contributed by atoms with Gasteiger partial charge in [0.05, 0.1) is 0 Å². The number of rotatable bonds is 5. The largest absolute Gasteiger partial charge is 0.316 e. The van der Waals surface area contributed by atoms with Crippen LogP contribution in [-0.4, -0.2) is 13.1 Å². The molecule has 0 spiro atoms. The highest BCUT2D eigenvalue weighted by Crippen LogP contribution is 2.30. The predicted octanol–water partition coefficient (Wildman–Crippen LogP) is 2.98. The van der Waals surface area contributed by atoms with E-state index in [0.29, 0.717) is 5.92 Å². The molecule has 0 heterocycles. The Kier molecular flexibility index (Phi) is 3.57. The average molecular weight is 201 g/mol. The van der Waals surface area contributed by atoms with E-state index >= 15 is 0 Å². The van der Waals surface area contributed by atoms with Crippen LogP contribution in [0.1, 0.15) is 19.8 Å². The van der Waals surface area contributed by atoms with Crippen LogP contribution in [0.3, 0.4) is 0 Å². The molecule has 0 radical (unpaired) electrons. The molecule has 0 bridgehead atoms. The van der Waals surface area contributed by atoms with E-state index in [2.05, 4.69) is 48.7 Å². The Bertz CT molecular complexity index is 301. The molecule has 0 aromatic heterocycles. The van der Waals surface area contributed by atoms with Crippen molar-refractivity contribution in [2.75, 3.05) is 13.1 Å². The van der Waals surface area contributed by atoms with Crippen LogP contribution in [0.2, 0.25) is 0 Å². The number of nitrogens with one attached hydrogen (secondary N) is 1. The lowest BCUT2D eigenvalue weighted by atomic mass is 9.89. The van der Waals surface area contributed by atoms with Crippen LogP contribution in [-0.2, 0) is 0 Å². The summed E-state index contributed by atoms with van der Waals surface area (Å²) in [6.45, 7) is 4.30. The second kappa shape index (κ2) is 5.13. The van der Waals surface area contributed by atoms with Gasteiger partial charge in [-0.15, -0.1) is 0 Å². The molecule has 1 N–H and O–H groups in total. The van der Waals surface area contributed by atoms with E-state index in [1.807, 2.05) is 0 Å². The predicted molar refractivity (Wildman–Crippen MR) is 65.7 cm³/mol. The molecule has 2 rings (SSSR count). The number of hydrogen-bond donors (Lipinski definition) is 1. The molecule has 2 aliphatic carbocycles. The maximum atomic E-state index is 3.46. The topological polar surface area (TPSA) is 12.0 Å². The molecule has 0 saturated heterocycles. The van der Waals surface area contributed by atoms with Crippen LogP contribution in [0.5, 0.6) is 0 Å². The van der Waals surface area contributed by atoms with Crippen LogP contribution in [0.4, 0.5) is 0 Å². The molecule has 1 nitrogen and oxygen atoms in total. The van der Waals surface area contributed by atoms with Crippen molar-refractivity contribution in [3.05, 3.63) is 47.6 Å². The molecule has 0 saturated carbocycles. The molecule has 80 valence electrons. The fourth-order valence-corrected chi connectivity index (χ4v) is 2.23. The Morgan fingerprint density at radius 1 is 1.13 bits per heavy atom. The van der Waals surface area contributed by atoms with Gasteiger partial charge in [0.1, 0.15) is 0 Å². The van der Waals surface area contributed by atoms with Crippen LogP contribution >= 0.6 is 0 Å². The van der Waals surface area contributed by atoms with Crippen LogP contribution in [0.25, 0.3) is 0 Å². The summed E-state index contributed by atoms with van der Waals surface area (Å²) in [5.41, 5.74) is 3.12. The van der Waals surface area contributed by atoms with Crippen LogP contribution in [0.15, 0.2) is 47.6 Å². The van der Waals surface area contributed by atoms with E-state index in [-0.39, 0.29) is 0 Å². The monoisotopic (exact) mass is 201 g/mol. The Morgan fingerprint density at radius 3 is 2.13 bits per heavy atom. The highest BCUT2D eigenvalue weighted by molar-refractivity contribution is 5.36. The van der Waals surface area contributed by atoms with Crippen molar-refractivity contribution in [3.8, 4) is 0 Å². The average Bonchev–Trinajstić information content (AvgIpc) is 2.90. The smallest absolute Gasteiger partial charge is 0.0144 e. The Morgan fingerprint density at radius 2 is 1.73 bits per heavy atom. The van der Waals surface area contributed by atoms with E-state index in [0.717, 1.165) is 25.9 Å². The standard InChI is InChI=1S/C14H19N/c1-2-15-11-14(12-7-3-4-8-12)13-9-5-6-10-13/h3-7,9,14-15H,2,8,10-11H2,1H3. The quantitative estimate of drug-likeness (QED) is 0.721. The van der Waals surface area contributed by atoms with Crippen molar-refractivity contribution in [2.24, 2.45) is 5.92 Å². The van der Waals surface area contributed by atoms with E-state index in [9.17, 15) is 0 Å². The molecule has 0 fully saturated rings. The van der Waals surface area contributed by atoms with E-state index in [4.69, 9.17) is 0 Å². The molecule has 0 amide bonds. The van der Waals surface area contributed by atoms with Gasteiger partial charge in [-0.3, -0.25) is 0 Å². The highest BCUT2D eigenvalue weighted by Gasteiger charge is 2.19. The fourth-order valence-electron chi connectivity index (χ4n) is 2.23. The van der Waals surface area contributed by atoms with Gasteiger partial charge < -0.3 is 5.32 Å². The van der Waals surface area contributed by atoms with Crippen molar-refractivity contribution in [1.82, 2.24) is 5.32 Å². The Labute approximate surface area is 92.3 Å². The molecule has 15 heavy (non-hydrogen) atoms. The maximum Gasteiger partial charge on any atom is 0.0144 e. The maximum absolute atomic E-state index is 3.46. The first-order valence-electron chi connectivity index (χ1n) is 5.83. The van der Waals surface area contributed by atoms with Gasteiger partial charge in [-0.2, -0.15) is 0 Å². The molecule has 0 aliphatic heterocycles. The minimum atomic E-state index is 0.606. The van der Waals surface area contributed by atoms with Gasteiger partial charge in [-0.05, 0) is 19.4 Å². The SMILES string of the molecule is CCNCC(C1=CC=CC1)C1=CC=CC1. The summed E-state index contributed by atoms with van der Waals surface area (Å²) in [6.07, 6.45) is 15.7. The lowest BCUT2D eigenvalue weighted by molar-refractivity contribution is 0.595. The van der Waals surface area contributed by atoms with Crippen molar-refractivity contribution in [2.45, 2.75) is 19.8 Å². The van der Waals surface area contributed by atoms with Crippen molar-refractivity contribution >= 4 is 0 Å². The number of allylic oxidation sites excluding steroid dienone is 6. The molecular weight excluding hydrogens is 182 g/mol. The normalized spacial score (nSPS) is 18.8. The Balaban J connectivity index is 2.02. The minimum Gasteiger partial charge on any atom is -0.316 e.